The van der Waals surface area contributed by atoms with Crippen LogP contribution in [0.3, 0.4) is 0 Å². The summed E-state index contributed by atoms with van der Waals surface area (Å²) in [4.78, 5) is 15.1. The lowest BCUT2D eigenvalue weighted by molar-refractivity contribution is -0.384. The van der Waals surface area contributed by atoms with Gasteiger partial charge in [-0.05, 0) is 17.7 Å². The number of hydrogen-bond donors (Lipinski definition) is 0. The zero-order valence-electron chi connectivity index (χ0n) is 13.7. The molecular weight excluding hydrogens is 306 g/mol. The fourth-order valence-corrected chi connectivity index (χ4v) is 2.95. The van der Waals surface area contributed by atoms with Gasteiger partial charge < -0.3 is 9.64 Å². The Morgan fingerprint density at radius 2 is 1.79 bits per heavy atom. The highest BCUT2D eigenvalue weighted by Gasteiger charge is 2.18. The van der Waals surface area contributed by atoms with Gasteiger partial charge in [0.1, 0.15) is 5.75 Å². The Morgan fingerprint density at radius 3 is 2.42 bits per heavy atom. The molecule has 1 saturated heterocycles. The summed E-state index contributed by atoms with van der Waals surface area (Å²) in [5.74, 6) is 0.876. The van der Waals surface area contributed by atoms with Gasteiger partial charge in [-0.2, -0.15) is 0 Å². The van der Waals surface area contributed by atoms with Crippen LogP contribution in [-0.2, 0) is 6.54 Å². The molecule has 0 unspecified atom stereocenters. The molecule has 0 bridgehead atoms. The molecule has 126 valence electrons. The van der Waals surface area contributed by atoms with Gasteiger partial charge in [-0.25, -0.2) is 0 Å². The molecule has 0 aliphatic carbocycles. The van der Waals surface area contributed by atoms with Crippen LogP contribution in [0, 0.1) is 10.1 Å². The lowest BCUT2D eigenvalue weighted by atomic mass is 10.1. The van der Waals surface area contributed by atoms with Gasteiger partial charge in [0.15, 0.2) is 0 Å². The van der Waals surface area contributed by atoms with Crippen LogP contribution in [0.15, 0.2) is 48.5 Å². The molecule has 6 heteroatoms. The third kappa shape index (κ3) is 3.83. The lowest BCUT2D eigenvalue weighted by Gasteiger charge is -2.36. The zero-order chi connectivity index (χ0) is 16.9. The van der Waals surface area contributed by atoms with Crippen molar-refractivity contribution in [3.05, 3.63) is 64.2 Å². The van der Waals surface area contributed by atoms with Gasteiger partial charge in [-0.15, -0.1) is 0 Å². The summed E-state index contributed by atoms with van der Waals surface area (Å²) in [5, 5.41) is 10.7. The third-order valence-corrected chi connectivity index (χ3v) is 4.34. The summed E-state index contributed by atoms with van der Waals surface area (Å²) in [6.07, 6.45) is 0. The van der Waals surface area contributed by atoms with Crippen LogP contribution < -0.4 is 9.64 Å². The number of anilines is 1. The van der Waals surface area contributed by atoms with E-state index >= 15 is 0 Å². The maximum Gasteiger partial charge on any atom is 0.269 e. The second kappa shape index (κ2) is 7.31. The van der Waals surface area contributed by atoms with Crippen LogP contribution in [-0.4, -0.2) is 43.1 Å². The first-order valence-electron chi connectivity index (χ1n) is 8.00. The first kappa shape index (κ1) is 16.3. The van der Waals surface area contributed by atoms with E-state index in [-0.39, 0.29) is 10.6 Å². The first-order valence-corrected chi connectivity index (χ1v) is 8.00. The van der Waals surface area contributed by atoms with Crippen molar-refractivity contribution in [2.45, 2.75) is 6.54 Å². The Morgan fingerprint density at radius 1 is 1.08 bits per heavy atom. The number of nitro benzene ring substituents is 1. The van der Waals surface area contributed by atoms with Crippen LogP contribution in [0.25, 0.3) is 0 Å². The average molecular weight is 327 g/mol. The van der Waals surface area contributed by atoms with Crippen LogP contribution in [0.2, 0.25) is 0 Å². The molecule has 0 radical (unpaired) electrons. The van der Waals surface area contributed by atoms with Crippen molar-refractivity contribution in [2.24, 2.45) is 0 Å². The van der Waals surface area contributed by atoms with Crippen molar-refractivity contribution in [1.82, 2.24) is 4.90 Å². The van der Waals surface area contributed by atoms with Gasteiger partial charge in [-0.1, -0.05) is 18.2 Å². The van der Waals surface area contributed by atoms with E-state index in [0.717, 1.165) is 44.0 Å². The van der Waals surface area contributed by atoms with Gasteiger partial charge in [0.2, 0.25) is 0 Å². The van der Waals surface area contributed by atoms with Crippen molar-refractivity contribution >= 4 is 11.4 Å². The van der Waals surface area contributed by atoms with Gasteiger partial charge in [0.05, 0.1) is 12.0 Å². The van der Waals surface area contributed by atoms with Gasteiger partial charge in [-0.3, -0.25) is 15.0 Å². The summed E-state index contributed by atoms with van der Waals surface area (Å²) in [7, 11) is 1.68. The molecule has 0 saturated carbocycles. The second-order valence-corrected chi connectivity index (χ2v) is 5.89. The smallest absolute Gasteiger partial charge is 0.269 e. The van der Waals surface area contributed by atoms with Crippen molar-refractivity contribution in [1.29, 1.82) is 0 Å². The minimum atomic E-state index is -0.364. The summed E-state index contributed by atoms with van der Waals surface area (Å²) in [6.45, 7) is 4.67. The van der Waals surface area contributed by atoms with Gasteiger partial charge in [0.25, 0.3) is 5.69 Å². The number of benzene rings is 2. The monoisotopic (exact) mass is 327 g/mol. The van der Waals surface area contributed by atoms with Crippen LogP contribution in [0.1, 0.15) is 5.56 Å². The van der Waals surface area contributed by atoms with Gasteiger partial charge in [0, 0.05) is 56.6 Å². The van der Waals surface area contributed by atoms with E-state index in [2.05, 4.69) is 21.9 Å². The molecule has 0 spiro atoms. The minimum absolute atomic E-state index is 0.140. The number of ether oxygens (including phenoxy) is 1. The molecule has 0 N–H and O–H groups in total. The highest BCUT2D eigenvalue weighted by Crippen LogP contribution is 2.22. The molecule has 24 heavy (non-hydrogen) atoms. The van der Waals surface area contributed by atoms with Crippen LogP contribution >= 0.6 is 0 Å². The highest BCUT2D eigenvalue weighted by molar-refractivity contribution is 5.51. The third-order valence-electron chi connectivity index (χ3n) is 4.34. The SMILES string of the molecule is COc1cccc(N2CCN(Cc3ccc([N+](=O)[O-])cc3)CC2)c1. The Labute approximate surface area is 141 Å². The summed E-state index contributed by atoms with van der Waals surface area (Å²) < 4.78 is 5.29. The molecular formula is C18H21N3O3. The standard InChI is InChI=1S/C18H21N3O3/c1-24-18-4-2-3-17(13-18)20-11-9-19(10-12-20)14-15-5-7-16(8-6-15)21(22)23/h2-8,13H,9-12,14H2,1H3. The molecule has 1 aliphatic rings. The predicted molar refractivity (Wildman–Crippen MR) is 93.6 cm³/mol. The molecule has 1 heterocycles. The number of nitro groups is 1. The highest BCUT2D eigenvalue weighted by atomic mass is 16.6. The largest absolute Gasteiger partial charge is 0.497 e. The molecule has 0 aromatic heterocycles. The van der Waals surface area contributed by atoms with Gasteiger partial charge >= 0.3 is 0 Å². The predicted octanol–water partition coefficient (Wildman–Crippen LogP) is 2.93. The van der Waals surface area contributed by atoms with E-state index in [1.165, 1.54) is 5.69 Å². The normalized spacial score (nSPS) is 15.3. The maximum absolute atomic E-state index is 10.7. The zero-order valence-corrected chi connectivity index (χ0v) is 13.7. The average Bonchev–Trinajstić information content (AvgIpc) is 2.63. The van der Waals surface area contributed by atoms with Crippen LogP contribution in [0.4, 0.5) is 11.4 Å². The van der Waals surface area contributed by atoms with Crippen molar-refractivity contribution in [2.75, 3.05) is 38.2 Å². The van der Waals surface area contributed by atoms with E-state index in [9.17, 15) is 10.1 Å². The number of non-ortho nitro benzene ring substituents is 1. The number of nitrogens with zero attached hydrogens (tertiary/aromatic N) is 3. The number of piperazine rings is 1. The first-order chi connectivity index (χ1) is 11.7. The summed E-state index contributed by atoms with van der Waals surface area (Å²) in [5.41, 5.74) is 2.43. The van der Waals surface area contributed by atoms with Crippen LogP contribution in [0.5, 0.6) is 5.75 Å². The molecule has 1 aliphatic heterocycles. The summed E-state index contributed by atoms with van der Waals surface area (Å²) in [6, 6.07) is 15.0. The van der Waals surface area contributed by atoms with Crippen molar-refractivity contribution < 1.29 is 9.66 Å². The van der Waals surface area contributed by atoms with Crippen molar-refractivity contribution in [3.63, 3.8) is 0 Å². The van der Waals surface area contributed by atoms with Crippen molar-refractivity contribution in [3.8, 4) is 5.75 Å². The fraction of sp³-hybridized carbons (Fsp3) is 0.333. The molecule has 6 nitrogen and oxygen atoms in total. The Hall–Kier alpha value is -2.60. The van der Waals surface area contributed by atoms with E-state index in [4.69, 9.17) is 4.74 Å². The Bertz CT molecular complexity index is 695. The minimum Gasteiger partial charge on any atom is -0.497 e. The topological polar surface area (TPSA) is 58.8 Å². The lowest BCUT2D eigenvalue weighted by Crippen LogP contribution is -2.45. The number of methoxy groups -OCH3 is 1. The Balaban J connectivity index is 1.55. The summed E-state index contributed by atoms with van der Waals surface area (Å²) >= 11 is 0. The second-order valence-electron chi connectivity index (χ2n) is 5.89. The van der Waals surface area contributed by atoms with E-state index in [0.29, 0.717) is 0 Å². The van der Waals surface area contributed by atoms with E-state index in [1.54, 1.807) is 19.2 Å². The molecule has 2 aromatic rings. The molecule has 2 aromatic carbocycles. The molecule has 0 atom stereocenters. The van der Waals surface area contributed by atoms with E-state index < -0.39 is 0 Å². The Kier molecular flexibility index (Phi) is 4.96. The number of hydrogen-bond acceptors (Lipinski definition) is 5. The molecule has 3 rings (SSSR count). The quantitative estimate of drug-likeness (QED) is 0.624. The molecule has 0 amide bonds. The number of rotatable bonds is 5. The van der Waals surface area contributed by atoms with E-state index in [1.807, 2.05) is 24.3 Å². The maximum atomic E-state index is 10.7. The fourth-order valence-electron chi connectivity index (χ4n) is 2.95. The molecule has 1 fully saturated rings.